The van der Waals surface area contributed by atoms with Crippen LogP contribution in [0.3, 0.4) is 0 Å². The second-order valence-corrected chi connectivity index (χ2v) is 6.03. The molecule has 0 aromatic heterocycles. The average Bonchev–Trinajstić information content (AvgIpc) is 2.43. The molecule has 8 heteroatoms. The molecule has 0 heterocycles. The smallest absolute Gasteiger partial charge is 0.244 e. The van der Waals surface area contributed by atoms with Gasteiger partial charge in [0.25, 0.3) is 0 Å². The summed E-state index contributed by atoms with van der Waals surface area (Å²) in [7, 11) is -0.787. The molecule has 0 atom stereocenters. The number of hydrogen-bond acceptors (Lipinski definition) is 5. The lowest BCUT2D eigenvalue weighted by atomic mass is 10.3. The number of nitrogens with one attached hydrogen (secondary N) is 2. The summed E-state index contributed by atoms with van der Waals surface area (Å²) in [6.07, 6.45) is 0.559. The Balaban J connectivity index is 2.98. The van der Waals surface area contributed by atoms with Gasteiger partial charge in [0.1, 0.15) is 10.6 Å². The van der Waals surface area contributed by atoms with E-state index in [1.54, 1.807) is 13.2 Å². The minimum atomic E-state index is -3.72. The van der Waals surface area contributed by atoms with E-state index in [0.717, 1.165) is 0 Å². The first-order valence-electron chi connectivity index (χ1n) is 6.35. The zero-order valence-corrected chi connectivity index (χ0v) is 13.1. The van der Waals surface area contributed by atoms with Crippen molar-refractivity contribution in [2.75, 3.05) is 32.7 Å². The van der Waals surface area contributed by atoms with Crippen LogP contribution in [0.1, 0.15) is 13.3 Å². The van der Waals surface area contributed by atoms with E-state index >= 15 is 0 Å². The molecule has 0 saturated heterocycles. The van der Waals surface area contributed by atoms with Crippen LogP contribution in [0.4, 0.5) is 5.69 Å². The van der Waals surface area contributed by atoms with Gasteiger partial charge in [0, 0.05) is 32.9 Å². The highest BCUT2D eigenvalue weighted by Crippen LogP contribution is 2.26. The van der Waals surface area contributed by atoms with Gasteiger partial charge in [0.05, 0.1) is 7.11 Å². The highest BCUT2D eigenvalue weighted by Gasteiger charge is 2.19. The topological polar surface area (TPSA) is 93.7 Å². The number of benzene rings is 1. The summed E-state index contributed by atoms with van der Waals surface area (Å²) in [5.41, 5.74) is 0.389. The largest absolute Gasteiger partial charge is 0.495 e. The van der Waals surface area contributed by atoms with Crippen LogP contribution in [0.2, 0.25) is 0 Å². The fourth-order valence-electron chi connectivity index (χ4n) is 1.67. The zero-order valence-electron chi connectivity index (χ0n) is 12.3. The molecule has 0 spiro atoms. The molecule has 0 saturated carbocycles. The van der Waals surface area contributed by atoms with Crippen LogP contribution in [0.5, 0.6) is 5.75 Å². The van der Waals surface area contributed by atoms with E-state index in [4.69, 9.17) is 9.47 Å². The molecule has 0 aliphatic carbocycles. The number of hydrogen-bond donors (Lipinski definition) is 2. The summed E-state index contributed by atoms with van der Waals surface area (Å²) >= 11 is 0. The van der Waals surface area contributed by atoms with Crippen molar-refractivity contribution in [2.45, 2.75) is 18.2 Å². The fraction of sp³-hybridized carbons (Fsp3) is 0.462. The van der Waals surface area contributed by atoms with E-state index in [1.807, 2.05) is 0 Å². The van der Waals surface area contributed by atoms with Gasteiger partial charge in [-0.1, -0.05) is 0 Å². The Bertz CT molecular complexity index is 586. The number of methoxy groups -OCH3 is 2. The predicted octanol–water partition coefficient (Wildman–Crippen LogP) is 0.968. The van der Waals surface area contributed by atoms with Crippen LogP contribution in [0, 0.1) is 0 Å². The van der Waals surface area contributed by atoms with Gasteiger partial charge in [-0.25, -0.2) is 13.1 Å². The summed E-state index contributed by atoms with van der Waals surface area (Å²) in [6.45, 7) is 2.07. The lowest BCUT2D eigenvalue weighted by molar-refractivity contribution is -0.114. The predicted molar refractivity (Wildman–Crippen MR) is 79.0 cm³/mol. The first-order chi connectivity index (χ1) is 9.90. The maximum absolute atomic E-state index is 12.3. The second-order valence-electron chi connectivity index (χ2n) is 4.29. The van der Waals surface area contributed by atoms with Gasteiger partial charge in [0.2, 0.25) is 15.9 Å². The summed E-state index contributed by atoms with van der Waals surface area (Å²) in [6, 6.07) is 4.43. The molecular weight excluding hydrogens is 296 g/mol. The highest BCUT2D eigenvalue weighted by molar-refractivity contribution is 7.89. The van der Waals surface area contributed by atoms with Crippen LogP contribution in [-0.2, 0) is 19.6 Å². The molecule has 1 amide bonds. The molecule has 0 fully saturated rings. The molecule has 0 aliphatic rings. The van der Waals surface area contributed by atoms with E-state index in [-0.39, 0.29) is 23.1 Å². The second kappa shape index (κ2) is 7.96. The Morgan fingerprint density at radius 3 is 2.57 bits per heavy atom. The van der Waals surface area contributed by atoms with Crippen molar-refractivity contribution in [3.63, 3.8) is 0 Å². The minimum Gasteiger partial charge on any atom is -0.495 e. The van der Waals surface area contributed by atoms with Crippen molar-refractivity contribution in [3.05, 3.63) is 18.2 Å². The van der Waals surface area contributed by atoms with Crippen molar-refractivity contribution in [3.8, 4) is 5.75 Å². The van der Waals surface area contributed by atoms with E-state index in [1.165, 1.54) is 26.2 Å². The number of amides is 1. The molecule has 0 unspecified atom stereocenters. The molecule has 1 rings (SSSR count). The maximum Gasteiger partial charge on any atom is 0.244 e. The van der Waals surface area contributed by atoms with E-state index in [9.17, 15) is 13.2 Å². The van der Waals surface area contributed by atoms with Gasteiger partial charge in [-0.2, -0.15) is 0 Å². The van der Waals surface area contributed by atoms with Gasteiger partial charge in [-0.3, -0.25) is 4.79 Å². The van der Waals surface area contributed by atoms with Crippen LogP contribution in [-0.4, -0.2) is 41.7 Å². The van der Waals surface area contributed by atoms with Crippen LogP contribution in [0.15, 0.2) is 23.1 Å². The Morgan fingerprint density at radius 2 is 2.00 bits per heavy atom. The zero-order chi connectivity index (χ0) is 15.9. The number of anilines is 1. The van der Waals surface area contributed by atoms with E-state index in [0.29, 0.717) is 18.7 Å². The quantitative estimate of drug-likeness (QED) is 0.697. The van der Waals surface area contributed by atoms with Gasteiger partial charge >= 0.3 is 0 Å². The standard InChI is InChI=1S/C13H20N2O5S/c1-10(16)15-11-5-6-12(20-3)13(9-11)21(17,18)14-7-4-8-19-2/h5-6,9,14H,4,7-8H2,1-3H3,(H,15,16). The number of carbonyl (C=O) groups excluding carboxylic acids is 1. The van der Waals surface area contributed by atoms with Crippen LogP contribution in [0.25, 0.3) is 0 Å². The highest BCUT2D eigenvalue weighted by atomic mass is 32.2. The number of rotatable bonds is 8. The molecular formula is C13H20N2O5S. The molecule has 2 N–H and O–H groups in total. The number of carbonyl (C=O) groups is 1. The maximum atomic E-state index is 12.3. The monoisotopic (exact) mass is 316 g/mol. The van der Waals surface area contributed by atoms with Crippen molar-refractivity contribution >= 4 is 21.6 Å². The average molecular weight is 316 g/mol. The third kappa shape index (κ3) is 5.33. The molecule has 21 heavy (non-hydrogen) atoms. The summed E-state index contributed by atoms with van der Waals surface area (Å²) in [4.78, 5) is 11.0. The lowest BCUT2D eigenvalue weighted by Gasteiger charge is -2.12. The molecule has 1 aromatic carbocycles. The number of ether oxygens (including phenoxy) is 2. The third-order valence-electron chi connectivity index (χ3n) is 2.59. The van der Waals surface area contributed by atoms with Gasteiger partial charge in [0.15, 0.2) is 0 Å². The lowest BCUT2D eigenvalue weighted by Crippen LogP contribution is -2.26. The first kappa shape index (κ1) is 17.4. The van der Waals surface area contributed by atoms with Crippen molar-refractivity contribution in [1.29, 1.82) is 0 Å². The third-order valence-corrected chi connectivity index (χ3v) is 4.07. The summed E-state index contributed by atoms with van der Waals surface area (Å²) in [5.74, 6) is -0.0695. The SMILES string of the molecule is COCCCNS(=O)(=O)c1cc(NC(C)=O)ccc1OC. The fourth-order valence-corrected chi connectivity index (χ4v) is 2.94. The summed E-state index contributed by atoms with van der Waals surface area (Å²) < 4.78 is 36.9. The van der Waals surface area contributed by atoms with Gasteiger partial charge in [-0.05, 0) is 24.6 Å². The Morgan fingerprint density at radius 1 is 1.29 bits per heavy atom. The first-order valence-corrected chi connectivity index (χ1v) is 7.83. The normalized spacial score (nSPS) is 11.2. The van der Waals surface area contributed by atoms with Crippen molar-refractivity contribution in [2.24, 2.45) is 0 Å². The molecule has 0 aliphatic heterocycles. The van der Waals surface area contributed by atoms with E-state index in [2.05, 4.69) is 10.0 Å². The van der Waals surface area contributed by atoms with Crippen molar-refractivity contribution < 1.29 is 22.7 Å². The minimum absolute atomic E-state index is 0.0198. The molecule has 7 nitrogen and oxygen atoms in total. The molecule has 1 aromatic rings. The van der Waals surface area contributed by atoms with Crippen LogP contribution < -0.4 is 14.8 Å². The van der Waals surface area contributed by atoms with E-state index < -0.39 is 10.0 Å². The van der Waals surface area contributed by atoms with Gasteiger partial charge < -0.3 is 14.8 Å². The van der Waals surface area contributed by atoms with Gasteiger partial charge in [-0.15, -0.1) is 0 Å². The Kier molecular flexibility index (Phi) is 6.60. The summed E-state index contributed by atoms with van der Waals surface area (Å²) in [5, 5.41) is 2.54. The number of sulfonamides is 1. The Labute approximate surface area is 124 Å². The Hall–Kier alpha value is -1.64. The molecule has 118 valence electrons. The molecule has 0 radical (unpaired) electrons. The molecule has 0 bridgehead atoms. The van der Waals surface area contributed by atoms with Crippen LogP contribution >= 0.6 is 0 Å². The van der Waals surface area contributed by atoms with Crippen molar-refractivity contribution in [1.82, 2.24) is 4.72 Å².